The van der Waals surface area contributed by atoms with E-state index in [1.807, 2.05) is 0 Å². The zero-order valence-electron chi connectivity index (χ0n) is 15.1. The maximum Gasteiger partial charge on any atom is 0.244 e. The van der Waals surface area contributed by atoms with E-state index in [1.165, 1.54) is 44.4 Å². The van der Waals surface area contributed by atoms with Gasteiger partial charge in [-0.3, -0.25) is 4.79 Å². The molecule has 6 nitrogen and oxygen atoms in total. The minimum absolute atomic E-state index is 0.180. The number of hydrogen-bond donors (Lipinski definition) is 1. The van der Waals surface area contributed by atoms with Crippen LogP contribution in [-0.2, 0) is 14.8 Å². The molecule has 0 fully saturated rings. The van der Waals surface area contributed by atoms with Gasteiger partial charge in [0.1, 0.15) is 18.2 Å². The molecule has 0 aromatic heterocycles. The molecule has 1 N–H and O–H groups in total. The molecule has 0 saturated heterocycles. The third kappa shape index (κ3) is 6.19. The first-order chi connectivity index (χ1) is 12.8. The molecule has 0 aliphatic rings. The summed E-state index contributed by atoms with van der Waals surface area (Å²) in [5, 5.41) is 2.66. The summed E-state index contributed by atoms with van der Waals surface area (Å²) in [6.45, 7) is 0.514. The molecule has 0 spiro atoms. The Balaban J connectivity index is 1.76. The van der Waals surface area contributed by atoms with Crippen molar-refractivity contribution >= 4 is 22.0 Å². The highest BCUT2D eigenvalue weighted by Crippen LogP contribution is 2.17. The van der Waals surface area contributed by atoms with Crippen LogP contribution >= 0.6 is 0 Å². The van der Waals surface area contributed by atoms with Crippen LogP contribution < -0.4 is 10.1 Å². The first-order valence-corrected chi connectivity index (χ1v) is 9.60. The van der Waals surface area contributed by atoms with Gasteiger partial charge in [-0.15, -0.1) is 0 Å². The third-order valence-electron chi connectivity index (χ3n) is 3.57. The predicted octanol–water partition coefficient (Wildman–Crippen LogP) is 2.28. The highest BCUT2D eigenvalue weighted by atomic mass is 32.2. The second-order valence-corrected chi connectivity index (χ2v) is 7.94. The van der Waals surface area contributed by atoms with Crippen molar-refractivity contribution in [3.63, 3.8) is 0 Å². The topological polar surface area (TPSA) is 75.7 Å². The Kier molecular flexibility index (Phi) is 7.09. The van der Waals surface area contributed by atoms with Gasteiger partial charge in [-0.1, -0.05) is 12.1 Å². The standard InChI is InChI=1S/C19H21FN2O4S/c1-22(2)27(24,25)18-10-8-17(9-11-18)26-14-13-21-19(23)12-5-15-3-6-16(20)7-4-15/h3-12H,13-14H2,1-2H3,(H,21,23)/b12-5+. The number of carbonyl (C=O) groups excluding carboxylic acids is 1. The molecular formula is C19H21FN2O4S. The lowest BCUT2D eigenvalue weighted by Crippen LogP contribution is -2.26. The van der Waals surface area contributed by atoms with E-state index in [4.69, 9.17) is 4.74 Å². The fourth-order valence-corrected chi connectivity index (χ4v) is 2.97. The van der Waals surface area contributed by atoms with Gasteiger partial charge < -0.3 is 10.1 Å². The van der Waals surface area contributed by atoms with E-state index in [-0.39, 0.29) is 29.8 Å². The van der Waals surface area contributed by atoms with Crippen molar-refractivity contribution in [1.82, 2.24) is 9.62 Å². The average molecular weight is 392 g/mol. The van der Waals surface area contributed by atoms with Gasteiger partial charge in [-0.25, -0.2) is 17.1 Å². The molecule has 144 valence electrons. The van der Waals surface area contributed by atoms with Crippen LogP contribution in [0.4, 0.5) is 4.39 Å². The summed E-state index contributed by atoms with van der Waals surface area (Å²) in [7, 11) is -0.539. The molecule has 0 aliphatic heterocycles. The first-order valence-electron chi connectivity index (χ1n) is 8.16. The molecule has 0 bridgehead atoms. The highest BCUT2D eigenvalue weighted by Gasteiger charge is 2.16. The number of nitrogens with one attached hydrogen (secondary N) is 1. The van der Waals surface area contributed by atoms with Crippen LogP contribution in [0.25, 0.3) is 6.08 Å². The maximum atomic E-state index is 12.8. The number of halogens is 1. The zero-order valence-corrected chi connectivity index (χ0v) is 15.9. The number of ether oxygens (including phenoxy) is 1. The van der Waals surface area contributed by atoms with Crippen molar-refractivity contribution in [2.75, 3.05) is 27.2 Å². The number of benzene rings is 2. The van der Waals surface area contributed by atoms with E-state index in [9.17, 15) is 17.6 Å². The van der Waals surface area contributed by atoms with E-state index in [0.29, 0.717) is 5.75 Å². The van der Waals surface area contributed by atoms with Crippen LogP contribution in [0.5, 0.6) is 5.75 Å². The largest absolute Gasteiger partial charge is 0.492 e. The van der Waals surface area contributed by atoms with Gasteiger partial charge in [-0.2, -0.15) is 0 Å². The Bertz CT molecular complexity index is 892. The minimum atomic E-state index is -3.47. The van der Waals surface area contributed by atoms with Crippen molar-refractivity contribution in [2.24, 2.45) is 0 Å². The Morgan fingerprint density at radius 1 is 1.11 bits per heavy atom. The van der Waals surface area contributed by atoms with E-state index < -0.39 is 10.0 Å². The van der Waals surface area contributed by atoms with E-state index >= 15 is 0 Å². The number of amides is 1. The second kappa shape index (κ2) is 9.29. The zero-order chi connectivity index (χ0) is 19.9. The normalized spacial score (nSPS) is 11.7. The van der Waals surface area contributed by atoms with Crippen molar-refractivity contribution in [3.8, 4) is 5.75 Å². The lowest BCUT2D eigenvalue weighted by Gasteiger charge is -2.12. The smallest absolute Gasteiger partial charge is 0.244 e. The molecule has 2 rings (SSSR count). The van der Waals surface area contributed by atoms with Gasteiger partial charge >= 0.3 is 0 Å². The molecular weight excluding hydrogens is 371 g/mol. The number of carbonyl (C=O) groups is 1. The molecule has 8 heteroatoms. The molecule has 0 unspecified atom stereocenters. The molecule has 2 aromatic carbocycles. The number of nitrogens with zero attached hydrogens (tertiary/aromatic N) is 1. The molecule has 0 saturated carbocycles. The van der Waals surface area contributed by atoms with Crippen molar-refractivity contribution in [3.05, 3.63) is 66.0 Å². The summed E-state index contributed by atoms with van der Waals surface area (Å²) in [6, 6.07) is 11.8. The Hall–Kier alpha value is -2.71. The van der Waals surface area contributed by atoms with Gasteiger partial charge in [0.15, 0.2) is 0 Å². The van der Waals surface area contributed by atoms with Gasteiger partial charge in [0.05, 0.1) is 11.4 Å². The molecule has 2 aromatic rings. The van der Waals surface area contributed by atoms with Crippen LogP contribution in [-0.4, -0.2) is 45.9 Å². The third-order valence-corrected chi connectivity index (χ3v) is 5.40. The van der Waals surface area contributed by atoms with E-state index in [0.717, 1.165) is 9.87 Å². The number of sulfonamides is 1. The molecule has 0 heterocycles. The summed E-state index contributed by atoms with van der Waals surface area (Å²) >= 11 is 0. The van der Waals surface area contributed by atoms with Crippen LogP contribution in [0.3, 0.4) is 0 Å². The lowest BCUT2D eigenvalue weighted by molar-refractivity contribution is -0.116. The summed E-state index contributed by atoms with van der Waals surface area (Å²) in [6.07, 6.45) is 2.94. The Morgan fingerprint density at radius 2 is 1.74 bits per heavy atom. The van der Waals surface area contributed by atoms with Crippen molar-refractivity contribution in [2.45, 2.75) is 4.90 Å². The van der Waals surface area contributed by atoms with E-state index in [1.54, 1.807) is 30.3 Å². The maximum absolute atomic E-state index is 12.8. The summed E-state index contributed by atoms with van der Waals surface area (Å²) in [5.74, 6) is -0.125. The van der Waals surface area contributed by atoms with Crippen molar-refractivity contribution in [1.29, 1.82) is 0 Å². The van der Waals surface area contributed by atoms with Crippen LogP contribution in [0.15, 0.2) is 59.5 Å². The molecule has 0 aliphatic carbocycles. The van der Waals surface area contributed by atoms with E-state index in [2.05, 4.69) is 5.32 Å². The Morgan fingerprint density at radius 3 is 2.33 bits per heavy atom. The van der Waals surface area contributed by atoms with Crippen LogP contribution in [0, 0.1) is 5.82 Å². The molecule has 1 amide bonds. The monoisotopic (exact) mass is 392 g/mol. The summed E-state index contributed by atoms with van der Waals surface area (Å²) in [5.41, 5.74) is 0.718. The minimum Gasteiger partial charge on any atom is -0.492 e. The number of hydrogen-bond acceptors (Lipinski definition) is 4. The molecule has 27 heavy (non-hydrogen) atoms. The summed E-state index contributed by atoms with van der Waals surface area (Å²) < 4.78 is 43.3. The lowest BCUT2D eigenvalue weighted by atomic mass is 10.2. The molecule has 0 radical (unpaired) electrons. The van der Waals surface area contributed by atoms with Gasteiger partial charge in [0, 0.05) is 20.2 Å². The van der Waals surface area contributed by atoms with Gasteiger partial charge in [0.25, 0.3) is 0 Å². The van der Waals surface area contributed by atoms with Crippen LogP contribution in [0.1, 0.15) is 5.56 Å². The SMILES string of the molecule is CN(C)S(=O)(=O)c1ccc(OCCNC(=O)/C=C/c2ccc(F)cc2)cc1. The predicted molar refractivity (Wildman–Crippen MR) is 101 cm³/mol. The molecule has 0 atom stereocenters. The van der Waals surface area contributed by atoms with Crippen LogP contribution in [0.2, 0.25) is 0 Å². The van der Waals surface area contributed by atoms with Gasteiger partial charge in [-0.05, 0) is 48.0 Å². The summed E-state index contributed by atoms with van der Waals surface area (Å²) in [4.78, 5) is 11.9. The average Bonchev–Trinajstić information content (AvgIpc) is 2.65. The van der Waals surface area contributed by atoms with Crippen molar-refractivity contribution < 1.29 is 22.3 Å². The quantitative estimate of drug-likeness (QED) is 0.552. The highest BCUT2D eigenvalue weighted by molar-refractivity contribution is 7.89. The van der Waals surface area contributed by atoms with Gasteiger partial charge in [0.2, 0.25) is 15.9 Å². The fourth-order valence-electron chi connectivity index (χ4n) is 2.07. The number of rotatable bonds is 8. The Labute approximate surface area is 158 Å². The second-order valence-electron chi connectivity index (χ2n) is 5.78. The fraction of sp³-hybridized carbons (Fsp3) is 0.211. The first kappa shape index (κ1) is 20.6.